The van der Waals surface area contributed by atoms with Gasteiger partial charge in [-0.3, -0.25) is 4.79 Å². The van der Waals surface area contributed by atoms with E-state index in [9.17, 15) is 4.79 Å². The largest absolute Gasteiger partial charge is 0.383 e. The molecule has 2 N–H and O–H groups in total. The Labute approximate surface area is 103 Å². The number of amides is 1. The number of nitrogens with two attached hydrogens (primary N) is 1. The molecule has 1 aliphatic carbocycles. The third-order valence-electron chi connectivity index (χ3n) is 4.08. The van der Waals surface area contributed by atoms with Crippen LogP contribution in [0, 0.1) is 5.92 Å². The van der Waals surface area contributed by atoms with Gasteiger partial charge in [-0.1, -0.05) is 6.42 Å². The number of carbonyl (C=O) groups is 1. The zero-order chi connectivity index (χ0) is 12.3. The highest BCUT2D eigenvalue weighted by Gasteiger charge is 2.34. The van der Waals surface area contributed by atoms with E-state index in [1.54, 1.807) is 7.11 Å². The van der Waals surface area contributed by atoms with Crippen molar-refractivity contribution in [2.45, 2.75) is 50.6 Å². The maximum atomic E-state index is 12.4. The van der Waals surface area contributed by atoms with Crippen molar-refractivity contribution in [2.24, 2.45) is 11.7 Å². The molecular formula is C13H24N2O2. The molecule has 4 nitrogen and oxygen atoms in total. The molecule has 0 bridgehead atoms. The van der Waals surface area contributed by atoms with E-state index in [1.807, 2.05) is 4.90 Å². The van der Waals surface area contributed by atoms with E-state index < -0.39 is 0 Å². The van der Waals surface area contributed by atoms with E-state index in [-0.39, 0.29) is 12.0 Å². The molecule has 1 amide bonds. The number of nitrogens with zero attached hydrogens (tertiary/aromatic N) is 1. The van der Waals surface area contributed by atoms with E-state index in [0.717, 1.165) is 45.1 Å². The van der Waals surface area contributed by atoms with E-state index >= 15 is 0 Å². The van der Waals surface area contributed by atoms with Gasteiger partial charge in [0.05, 0.1) is 12.6 Å². The van der Waals surface area contributed by atoms with Gasteiger partial charge >= 0.3 is 0 Å². The molecule has 0 radical (unpaired) electrons. The van der Waals surface area contributed by atoms with Crippen LogP contribution in [-0.2, 0) is 9.53 Å². The first kappa shape index (κ1) is 12.8. The Morgan fingerprint density at radius 1 is 1.35 bits per heavy atom. The second-order valence-electron chi connectivity index (χ2n) is 5.41. The average molecular weight is 240 g/mol. The lowest BCUT2D eigenvalue weighted by Crippen LogP contribution is -2.44. The first-order valence-electron chi connectivity index (χ1n) is 6.77. The van der Waals surface area contributed by atoms with Crippen LogP contribution in [0.2, 0.25) is 0 Å². The summed E-state index contributed by atoms with van der Waals surface area (Å²) in [7, 11) is 1.71. The first-order chi connectivity index (χ1) is 8.22. The van der Waals surface area contributed by atoms with Crippen LogP contribution in [0.1, 0.15) is 38.5 Å². The molecule has 0 aromatic heterocycles. The molecule has 1 heterocycles. The third-order valence-corrected chi connectivity index (χ3v) is 4.08. The second kappa shape index (κ2) is 5.83. The van der Waals surface area contributed by atoms with Crippen LogP contribution in [0.4, 0.5) is 0 Å². The molecule has 2 fully saturated rings. The summed E-state index contributed by atoms with van der Waals surface area (Å²) < 4.78 is 5.20. The lowest BCUT2D eigenvalue weighted by atomic mass is 9.85. The molecule has 0 spiro atoms. The molecule has 0 aromatic carbocycles. The van der Waals surface area contributed by atoms with Gasteiger partial charge in [0.15, 0.2) is 0 Å². The zero-order valence-corrected chi connectivity index (χ0v) is 10.7. The van der Waals surface area contributed by atoms with Gasteiger partial charge in [0.2, 0.25) is 5.91 Å². The number of methoxy groups -OCH3 is 1. The van der Waals surface area contributed by atoms with Crippen LogP contribution < -0.4 is 5.73 Å². The molecule has 1 saturated carbocycles. The highest BCUT2D eigenvalue weighted by molar-refractivity contribution is 5.79. The minimum Gasteiger partial charge on any atom is -0.383 e. The van der Waals surface area contributed by atoms with Gasteiger partial charge in [-0.15, -0.1) is 0 Å². The first-order valence-corrected chi connectivity index (χ1v) is 6.77. The summed E-state index contributed by atoms with van der Waals surface area (Å²) in [5.41, 5.74) is 5.96. The van der Waals surface area contributed by atoms with Crippen LogP contribution in [0.15, 0.2) is 0 Å². The zero-order valence-electron chi connectivity index (χ0n) is 10.7. The number of hydrogen-bond acceptors (Lipinski definition) is 3. The molecule has 1 saturated heterocycles. The summed E-state index contributed by atoms with van der Waals surface area (Å²) in [4.78, 5) is 14.5. The molecule has 1 aliphatic heterocycles. The van der Waals surface area contributed by atoms with Crippen molar-refractivity contribution in [1.29, 1.82) is 0 Å². The van der Waals surface area contributed by atoms with Crippen LogP contribution in [-0.4, -0.2) is 43.2 Å². The average Bonchev–Trinajstić information content (AvgIpc) is 2.77. The lowest BCUT2D eigenvalue weighted by molar-refractivity contribution is -0.138. The lowest BCUT2D eigenvalue weighted by Gasteiger charge is -2.32. The fraction of sp³-hybridized carbons (Fsp3) is 0.923. The van der Waals surface area contributed by atoms with E-state index in [0.29, 0.717) is 18.6 Å². The van der Waals surface area contributed by atoms with Gasteiger partial charge in [0.1, 0.15) is 0 Å². The van der Waals surface area contributed by atoms with Gasteiger partial charge in [-0.25, -0.2) is 0 Å². The summed E-state index contributed by atoms with van der Waals surface area (Å²) in [6.45, 7) is 1.57. The minimum atomic E-state index is 0.163. The highest BCUT2D eigenvalue weighted by Crippen LogP contribution is 2.28. The predicted octanol–water partition coefficient (Wildman–Crippen LogP) is 1.14. The van der Waals surface area contributed by atoms with Crippen LogP contribution in [0.25, 0.3) is 0 Å². The van der Waals surface area contributed by atoms with Crippen molar-refractivity contribution in [3.05, 3.63) is 0 Å². The third kappa shape index (κ3) is 2.99. The number of carbonyl (C=O) groups excluding carboxylic acids is 1. The van der Waals surface area contributed by atoms with Crippen molar-refractivity contribution in [2.75, 3.05) is 20.3 Å². The summed E-state index contributed by atoms with van der Waals surface area (Å²) >= 11 is 0. The Balaban J connectivity index is 1.93. The number of likely N-dealkylation sites (tertiary alicyclic amines) is 1. The van der Waals surface area contributed by atoms with Crippen molar-refractivity contribution >= 4 is 5.91 Å². The fourth-order valence-corrected chi connectivity index (χ4v) is 3.18. The van der Waals surface area contributed by atoms with Crippen LogP contribution in [0.3, 0.4) is 0 Å². The summed E-state index contributed by atoms with van der Waals surface area (Å²) in [5, 5.41) is 0. The maximum absolute atomic E-state index is 12.4. The molecule has 0 unspecified atom stereocenters. The fourth-order valence-electron chi connectivity index (χ4n) is 3.18. The molecular weight excluding hydrogens is 216 g/mol. The van der Waals surface area contributed by atoms with Crippen molar-refractivity contribution in [3.8, 4) is 0 Å². The summed E-state index contributed by atoms with van der Waals surface area (Å²) in [5.74, 6) is 0.482. The van der Waals surface area contributed by atoms with Gasteiger partial charge in [-0.2, -0.15) is 0 Å². The predicted molar refractivity (Wildman–Crippen MR) is 66.5 cm³/mol. The Kier molecular flexibility index (Phi) is 4.40. The highest BCUT2D eigenvalue weighted by atomic mass is 16.5. The number of rotatable bonds is 3. The second-order valence-corrected chi connectivity index (χ2v) is 5.41. The van der Waals surface area contributed by atoms with E-state index in [1.165, 1.54) is 0 Å². The summed E-state index contributed by atoms with van der Waals surface area (Å²) in [6, 6.07) is 0.520. The van der Waals surface area contributed by atoms with Gasteiger partial charge in [0, 0.05) is 25.6 Å². The van der Waals surface area contributed by atoms with E-state index in [4.69, 9.17) is 10.5 Å². The monoisotopic (exact) mass is 240 g/mol. The quantitative estimate of drug-likeness (QED) is 0.805. The normalized spacial score (nSPS) is 34.0. The van der Waals surface area contributed by atoms with Crippen LogP contribution >= 0.6 is 0 Å². The number of hydrogen-bond donors (Lipinski definition) is 1. The SMILES string of the molecule is COC[C@@H]1CCCN1C(=O)[C@H]1CCC[C@@H](N)C1. The molecule has 0 aromatic rings. The van der Waals surface area contributed by atoms with E-state index in [2.05, 4.69) is 0 Å². The van der Waals surface area contributed by atoms with Crippen molar-refractivity contribution in [1.82, 2.24) is 4.90 Å². The molecule has 98 valence electrons. The Morgan fingerprint density at radius 3 is 2.88 bits per heavy atom. The minimum absolute atomic E-state index is 0.163. The Morgan fingerprint density at radius 2 is 2.18 bits per heavy atom. The topological polar surface area (TPSA) is 55.6 Å². The molecule has 17 heavy (non-hydrogen) atoms. The van der Waals surface area contributed by atoms with Crippen LogP contribution in [0.5, 0.6) is 0 Å². The van der Waals surface area contributed by atoms with Gasteiger partial charge in [-0.05, 0) is 32.1 Å². The van der Waals surface area contributed by atoms with Gasteiger partial charge in [0.25, 0.3) is 0 Å². The summed E-state index contributed by atoms with van der Waals surface area (Å²) in [6.07, 6.45) is 6.25. The maximum Gasteiger partial charge on any atom is 0.226 e. The Bertz CT molecular complexity index is 270. The molecule has 3 atom stereocenters. The van der Waals surface area contributed by atoms with Gasteiger partial charge < -0.3 is 15.4 Å². The molecule has 2 rings (SSSR count). The molecule has 4 heteroatoms. The standard InChI is InChI=1S/C13H24N2O2/c1-17-9-12-6-3-7-15(12)13(16)10-4-2-5-11(14)8-10/h10-12H,2-9,14H2,1H3/t10-,11+,12-/m0/s1. The Hall–Kier alpha value is -0.610. The van der Waals surface area contributed by atoms with Crippen molar-refractivity contribution in [3.63, 3.8) is 0 Å². The number of ether oxygens (including phenoxy) is 1. The molecule has 2 aliphatic rings. The van der Waals surface area contributed by atoms with Crippen molar-refractivity contribution < 1.29 is 9.53 Å². The smallest absolute Gasteiger partial charge is 0.226 e.